The number of nitrogens with zero attached hydrogens (tertiary/aromatic N) is 1. The van der Waals surface area contributed by atoms with E-state index in [-0.39, 0.29) is 11.7 Å². The summed E-state index contributed by atoms with van der Waals surface area (Å²) in [7, 11) is 0. The molecular formula is C8H14N2OS. The van der Waals surface area contributed by atoms with Crippen molar-refractivity contribution in [2.24, 2.45) is 0 Å². The highest BCUT2D eigenvalue weighted by atomic mass is 32.2. The first-order valence-electron chi connectivity index (χ1n) is 4.30. The smallest absolute Gasteiger partial charge is 0.315 e. The molecule has 0 bridgehead atoms. The maximum atomic E-state index is 11.2. The summed E-state index contributed by atoms with van der Waals surface area (Å²) in [5.41, 5.74) is -0.105. The lowest BCUT2D eigenvalue weighted by Gasteiger charge is -2.51. The van der Waals surface area contributed by atoms with E-state index in [1.807, 2.05) is 16.7 Å². The quantitative estimate of drug-likeness (QED) is 0.668. The standard InChI is InChI=1S/C8H14N2OS/c1-8(2)9-7(11)10(8)6-3-4-12-5-6/h6H,3-5H2,1-2H3,(H,9,11)/t6-/m0/s1. The molecule has 2 saturated heterocycles. The van der Waals surface area contributed by atoms with Crippen molar-refractivity contribution in [2.75, 3.05) is 11.5 Å². The second kappa shape index (κ2) is 2.55. The molecule has 2 amide bonds. The monoisotopic (exact) mass is 186 g/mol. The molecule has 12 heavy (non-hydrogen) atoms. The van der Waals surface area contributed by atoms with Crippen LogP contribution in [0.3, 0.4) is 0 Å². The maximum absolute atomic E-state index is 11.2. The number of carbonyl (C=O) groups excluding carboxylic acids is 1. The molecule has 1 atom stereocenters. The van der Waals surface area contributed by atoms with Crippen LogP contribution in [0.25, 0.3) is 0 Å². The van der Waals surface area contributed by atoms with Crippen molar-refractivity contribution in [1.82, 2.24) is 10.2 Å². The molecule has 2 rings (SSSR count). The van der Waals surface area contributed by atoms with E-state index in [9.17, 15) is 4.79 Å². The number of hydrogen-bond acceptors (Lipinski definition) is 2. The second-order valence-electron chi connectivity index (χ2n) is 3.88. The lowest BCUT2D eigenvalue weighted by molar-refractivity contribution is 0.0247. The lowest BCUT2D eigenvalue weighted by Crippen LogP contribution is -2.75. The Morgan fingerprint density at radius 3 is 2.83 bits per heavy atom. The van der Waals surface area contributed by atoms with Crippen molar-refractivity contribution in [2.45, 2.75) is 32.0 Å². The molecule has 0 aliphatic carbocycles. The van der Waals surface area contributed by atoms with E-state index in [4.69, 9.17) is 0 Å². The largest absolute Gasteiger partial charge is 0.321 e. The summed E-state index contributed by atoms with van der Waals surface area (Å²) in [4.78, 5) is 13.2. The van der Waals surface area contributed by atoms with Gasteiger partial charge < -0.3 is 5.32 Å². The molecule has 0 spiro atoms. The minimum atomic E-state index is -0.105. The third-order valence-corrected chi connectivity index (χ3v) is 3.65. The number of hydrogen-bond donors (Lipinski definition) is 1. The van der Waals surface area contributed by atoms with Crippen LogP contribution in [0.1, 0.15) is 20.3 Å². The first kappa shape index (κ1) is 8.23. The van der Waals surface area contributed by atoms with Crippen LogP contribution in [-0.2, 0) is 0 Å². The van der Waals surface area contributed by atoms with E-state index in [1.165, 1.54) is 5.75 Å². The molecule has 2 fully saturated rings. The van der Waals surface area contributed by atoms with Gasteiger partial charge in [0, 0.05) is 11.8 Å². The van der Waals surface area contributed by atoms with Gasteiger partial charge in [0.05, 0.1) is 0 Å². The van der Waals surface area contributed by atoms with Crippen molar-refractivity contribution < 1.29 is 4.79 Å². The Kier molecular flexibility index (Phi) is 1.75. The zero-order chi connectivity index (χ0) is 8.77. The molecule has 4 heteroatoms. The van der Waals surface area contributed by atoms with Gasteiger partial charge >= 0.3 is 6.03 Å². The minimum Gasteiger partial charge on any atom is -0.315 e. The Labute approximate surface area is 76.9 Å². The summed E-state index contributed by atoms with van der Waals surface area (Å²) in [5.74, 6) is 2.31. The molecule has 0 aromatic rings. The summed E-state index contributed by atoms with van der Waals surface area (Å²) in [6.07, 6.45) is 1.15. The van der Waals surface area contributed by atoms with Crippen LogP contribution in [0.15, 0.2) is 0 Å². The molecule has 0 aromatic heterocycles. The predicted octanol–water partition coefficient (Wildman–Crippen LogP) is 1.25. The van der Waals surface area contributed by atoms with Crippen molar-refractivity contribution in [3.63, 3.8) is 0 Å². The highest BCUT2D eigenvalue weighted by Crippen LogP contribution is 2.31. The molecule has 1 N–H and O–H groups in total. The van der Waals surface area contributed by atoms with Crippen molar-refractivity contribution in [3.8, 4) is 0 Å². The van der Waals surface area contributed by atoms with E-state index in [0.29, 0.717) is 6.04 Å². The summed E-state index contributed by atoms with van der Waals surface area (Å²) in [6.45, 7) is 4.11. The molecule has 68 valence electrons. The number of nitrogens with one attached hydrogen (secondary N) is 1. The van der Waals surface area contributed by atoms with Crippen molar-refractivity contribution in [1.29, 1.82) is 0 Å². The average molecular weight is 186 g/mol. The van der Waals surface area contributed by atoms with Gasteiger partial charge in [-0.05, 0) is 26.0 Å². The maximum Gasteiger partial charge on any atom is 0.321 e. The molecule has 0 unspecified atom stereocenters. The zero-order valence-electron chi connectivity index (χ0n) is 7.46. The Morgan fingerprint density at radius 2 is 2.42 bits per heavy atom. The fourth-order valence-corrected chi connectivity index (χ4v) is 3.12. The van der Waals surface area contributed by atoms with Gasteiger partial charge in [-0.1, -0.05) is 0 Å². The van der Waals surface area contributed by atoms with E-state index in [0.717, 1.165) is 12.2 Å². The fourth-order valence-electron chi connectivity index (χ4n) is 1.93. The Morgan fingerprint density at radius 1 is 1.67 bits per heavy atom. The Bertz CT molecular complexity index is 211. The normalized spacial score (nSPS) is 33.0. The molecule has 3 nitrogen and oxygen atoms in total. The molecule has 0 radical (unpaired) electrons. The second-order valence-corrected chi connectivity index (χ2v) is 5.03. The van der Waals surface area contributed by atoms with Crippen molar-refractivity contribution >= 4 is 17.8 Å². The van der Waals surface area contributed by atoms with Crippen LogP contribution in [0.4, 0.5) is 4.79 Å². The summed E-state index contributed by atoms with van der Waals surface area (Å²) in [6, 6.07) is 0.575. The van der Waals surface area contributed by atoms with E-state index >= 15 is 0 Å². The third kappa shape index (κ3) is 1.09. The van der Waals surface area contributed by atoms with Crippen LogP contribution in [0, 0.1) is 0 Å². The molecule has 2 aliphatic heterocycles. The summed E-state index contributed by atoms with van der Waals surface area (Å²) >= 11 is 1.94. The number of amides is 2. The van der Waals surface area contributed by atoms with Crippen LogP contribution in [-0.4, -0.2) is 34.1 Å². The van der Waals surface area contributed by atoms with E-state index < -0.39 is 0 Å². The van der Waals surface area contributed by atoms with Crippen LogP contribution < -0.4 is 5.32 Å². The Hall–Kier alpha value is -0.380. The van der Waals surface area contributed by atoms with Crippen LogP contribution in [0.2, 0.25) is 0 Å². The molecule has 2 aliphatic rings. The van der Waals surface area contributed by atoms with E-state index in [1.54, 1.807) is 0 Å². The SMILES string of the molecule is CC1(C)NC(=O)N1[C@H]1CCSC1. The predicted molar refractivity (Wildman–Crippen MR) is 50.2 cm³/mol. The highest BCUT2D eigenvalue weighted by Gasteiger charge is 2.47. The molecular weight excluding hydrogens is 172 g/mol. The molecule has 0 saturated carbocycles. The average Bonchev–Trinajstić information content (AvgIpc) is 2.37. The summed E-state index contributed by atoms with van der Waals surface area (Å²) in [5, 5.41) is 2.89. The summed E-state index contributed by atoms with van der Waals surface area (Å²) < 4.78 is 0. The number of carbonyl (C=O) groups is 1. The third-order valence-electron chi connectivity index (χ3n) is 2.50. The minimum absolute atomic E-state index is 0.104. The van der Waals surface area contributed by atoms with Gasteiger partial charge in [-0.15, -0.1) is 0 Å². The van der Waals surface area contributed by atoms with Crippen LogP contribution >= 0.6 is 11.8 Å². The number of rotatable bonds is 1. The van der Waals surface area contributed by atoms with Gasteiger partial charge in [-0.2, -0.15) is 11.8 Å². The van der Waals surface area contributed by atoms with E-state index in [2.05, 4.69) is 19.2 Å². The number of urea groups is 1. The number of thioether (sulfide) groups is 1. The molecule has 0 aromatic carbocycles. The van der Waals surface area contributed by atoms with Crippen LogP contribution in [0.5, 0.6) is 0 Å². The first-order valence-corrected chi connectivity index (χ1v) is 5.46. The van der Waals surface area contributed by atoms with Crippen molar-refractivity contribution in [3.05, 3.63) is 0 Å². The fraction of sp³-hybridized carbons (Fsp3) is 0.875. The topological polar surface area (TPSA) is 32.3 Å². The van der Waals surface area contributed by atoms with Gasteiger partial charge in [0.2, 0.25) is 0 Å². The van der Waals surface area contributed by atoms with Gasteiger partial charge in [0.25, 0.3) is 0 Å². The van der Waals surface area contributed by atoms with Gasteiger partial charge in [-0.25, -0.2) is 4.79 Å². The zero-order valence-corrected chi connectivity index (χ0v) is 8.28. The highest BCUT2D eigenvalue weighted by molar-refractivity contribution is 7.99. The van der Waals surface area contributed by atoms with Gasteiger partial charge in [0.15, 0.2) is 0 Å². The lowest BCUT2D eigenvalue weighted by atomic mass is 10.0. The van der Waals surface area contributed by atoms with Gasteiger partial charge in [0.1, 0.15) is 5.66 Å². The first-order chi connectivity index (χ1) is 5.61. The molecule has 2 heterocycles. The Balaban J connectivity index is 2.06. The van der Waals surface area contributed by atoms with Gasteiger partial charge in [-0.3, -0.25) is 4.90 Å².